The van der Waals surface area contributed by atoms with E-state index in [0.29, 0.717) is 6.73 Å². The van der Waals surface area contributed by atoms with Crippen LogP contribution in [0, 0.1) is 12.3 Å². The van der Waals surface area contributed by atoms with Gasteiger partial charge in [-0.2, -0.15) is 0 Å². The second-order valence-corrected chi connectivity index (χ2v) is 11.3. The number of terminal acetylenes is 1. The molecule has 0 bridgehead atoms. The van der Waals surface area contributed by atoms with Gasteiger partial charge >= 0.3 is 0 Å². The van der Waals surface area contributed by atoms with Gasteiger partial charge < -0.3 is 9.84 Å². The number of hydrogen-bond acceptors (Lipinski definition) is 4. The van der Waals surface area contributed by atoms with E-state index in [-0.39, 0.29) is 5.82 Å². The van der Waals surface area contributed by atoms with Crippen LogP contribution in [-0.2, 0) is 17.1 Å². The van der Waals surface area contributed by atoms with E-state index in [4.69, 9.17) is 11.2 Å². The minimum atomic E-state index is -1.43. The van der Waals surface area contributed by atoms with Gasteiger partial charge in [0.05, 0.1) is 0 Å². The summed E-state index contributed by atoms with van der Waals surface area (Å²) in [6, 6.07) is 1.11. The van der Waals surface area contributed by atoms with Crippen molar-refractivity contribution in [1.29, 1.82) is 0 Å². The first-order chi connectivity index (χ1) is 8.24. The average molecular weight is 267 g/mol. The Morgan fingerprint density at radius 3 is 2.78 bits per heavy atom. The first kappa shape index (κ1) is 14.9. The second kappa shape index (κ2) is 5.65. The van der Waals surface area contributed by atoms with Gasteiger partial charge in [0.2, 0.25) is 0 Å². The third-order valence-electron chi connectivity index (χ3n) is 2.47. The Labute approximate surface area is 109 Å². The van der Waals surface area contributed by atoms with Crippen molar-refractivity contribution in [3.8, 4) is 12.3 Å². The molecule has 0 aliphatic rings. The number of ether oxygens (including phenoxy) is 1. The number of hydrogen-bond donors (Lipinski definition) is 1. The number of aliphatic hydroxyl groups is 1. The molecule has 0 unspecified atom stereocenters. The van der Waals surface area contributed by atoms with Crippen LogP contribution in [0.5, 0.6) is 0 Å². The van der Waals surface area contributed by atoms with Crippen LogP contribution in [0.15, 0.2) is 6.33 Å². The smallest absolute Gasteiger partial charge is 0.194 e. The Morgan fingerprint density at radius 2 is 2.22 bits per heavy atom. The maximum Gasteiger partial charge on any atom is 0.194 e. The Balaban J connectivity index is 2.44. The summed E-state index contributed by atoms with van der Waals surface area (Å²) in [4.78, 5) is 3.97. The molecular formula is C12H21N3O2Si. The molecule has 1 rings (SSSR count). The summed E-state index contributed by atoms with van der Waals surface area (Å²) in [7, 11) is -1.06. The first-order valence-corrected chi connectivity index (χ1v) is 9.63. The van der Waals surface area contributed by atoms with Gasteiger partial charge in [0.15, 0.2) is 11.4 Å². The SMILES string of the molecule is C#C[C@](C)(O)c1ncn(COCC[Si](C)(C)C)n1. The van der Waals surface area contributed by atoms with Crippen molar-refractivity contribution < 1.29 is 9.84 Å². The van der Waals surface area contributed by atoms with Gasteiger partial charge in [-0.15, -0.1) is 11.5 Å². The lowest BCUT2D eigenvalue weighted by Gasteiger charge is -2.15. The van der Waals surface area contributed by atoms with Gasteiger partial charge in [0, 0.05) is 14.7 Å². The fourth-order valence-corrected chi connectivity index (χ4v) is 1.94. The minimum Gasteiger partial charge on any atom is -0.371 e. The van der Waals surface area contributed by atoms with E-state index >= 15 is 0 Å². The molecule has 1 N–H and O–H groups in total. The normalized spacial score (nSPS) is 15.1. The maximum absolute atomic E-state index is 9.78. The molecule has 100 valence electrons. The largest absolute Gasteiger partial charge is 0.371 e. The molecule has 0 fully saturated rings. The maximum atomic E-state index is 9.78. The van der Waals surface area contributed by atoms with Gasteiger partial charge in [-0.1, -0.05) is 25.6 Å². The molecule has 0 amide bonds. The standard InChI is InChI=1S/C12H21N3O2Si/c1-6-12(2,16)11-13-9-15(14-11)10-17-7-8-18(3,4)5/h1,9,16H,7-8,10H2,2-5H3/t12-/m0/s1. The molecule has 1 atom stereocenters. The fraction of sp³-hybridized carbons (Fsp3) is 0.667. The summed E-state index contributed by atoms with van der Waals surface area (Å²) in [6.45, 7) is 9.43. The number of nitrogens with zero attached hydrogens (tertiary/aromatic N) is 3. The molecule has 0 aliphatic carbocycles. The molecule has 0 aromatic carbocycles. The highest BCUT2D eigenvalue weighted by Crippen LogP contribution is 2.14. The Bertz CT molecular complexity index is 429. The van der Waals surface area contributed by atoms with Crippen LogP contribution in [0.4, 0.5) is 0 Å². The minimum absolute atomic E-state index is 0.221. The Hall–Kier alpha value is -1.16. The van der Waals surface area contributed by atoms with E-state index in [1.165, 1.54) is 17.9 Å². The van der Waals surface area contributed by atoms with Crippen LogP contribution >= 0.6 is 0 Å². The van der Waals surface area contributed by atoms with Crippen molar-refractivity contribution in [3.63, 3.8) is 0 Å². The highest BCUT2D eigenvalue weighted by atomic mass is 28.3. The van der Waals surface area contributed by atoms with Crippen LogP contribution in [0.3, 0.4) is 0 Å². The lowest BCUT2D eigenvalue weighted by molar-refractivity contribution is 0.0745. The molecule has 18 heavy (non-hydrogen) atoms. The molecule has 1 heterocycles. The zero-order valence-corrected chi connectivity index (χ0v) is 12.5. The summed E-state index contributed by atoms with van der Waals surface area (Å²) in [5, 5.41) is 13.9. The highest BCUT2D eigenvalue weighted by Gasteiger charge is 2.24. The van der Waals surface area contributed by atoms with Crippen molar-refractivity contribution in [2.24, 2.45) is 0 Å². The predicted molar refractivity (Wildman–Crippen MR) is 72.5 cm³/mol. The molecule has 0 aliphatic heterocycles. The lowest BCUT2D eigenvalue weighted by Crippen LogP contribution is -2.22. The van der Waals surface area contributed by atoms with E-state index in [2.05, 4.69) is 35.6 Å². The zero-order valence-electron chi connectivity index (χ0n) is 11.5. The second-order valence-electron chi connectivity index (χ2n) is 5.67. The Morgan fingerprint density at radius 1 is 1.56 bits per heavy atom. The van der Waals surface area contributed by atoms with Gasteiger partial charge in [0.1, 0.15) is 13.1 Å². The average Bonchev–Trinajstić information content (AvgIpc) is 2.72. The molecule has 1 aromatic rings. The van der Waals surface area contributed by atoms with Gasteiger partial charge in [-0.25, -0.2) is 9.67 Å². The van der Waals surface area contributed by atoms with Gasteiger partial charge in [-0.3, -0.25) is 0 Å². The van der Waals surface area contributed by atoms with Crippen molar-refractivity contribution >= 4 is 8.07 Å². The lowest BCUT2D eigenvalue weighted by atomic mass is 10.1. The molecule has 0 radical (unpaired) electrons. The van der Waals surface area contributed by atoms with Crippen LogP contribution < -0.4 is 0 Å². The topological polar surface area (TPSA) is 60.2 Å². The molecule has 0 spiro atoms. The predicted octanol–water partition coefficient (Wildman–Crippen LogP) is 1.43. The van der Waals surface area contributed by atoms with E-state index in [1.54, 1.807) is 0 Å². The molecule has 0 saturated heterocycles. The summed E-state index contributed by atoms with van der Waals surface area (Å²) in [5.41, 5.74) is -1.43. The molecular weight excluding hydrogens is 246 g/mol. The summed E-state index contributed by atoms with van der Waals surface area (Å²) >= 11 is 0. The van der Waals surface area contributed by atoms with Crippen LogP contribution in [0.2, 0.25) is 25.7 Å². The fourth-order valence-electron chi connectivity index (χ4n) is 1.18. The van der Waals surface area contributed by atoms with Crippen LogP contribution in [0.1, 0.15) is 12.7 Å². The molecule has 6 heteroatoms. The summed E-state index contributed by atoms with van der Waals surface area (Å²) in [6.07, 6.45) is 6.71. The van der Waals surface area contributed by atoms with Crippen molar-refractivity contribution in [2.45, 2.75) is 44.9 Å². The van der Waals surface area contributed by atoms with Crippen molar-refractivity contribution in [1.82, 2.24) is 14.8 Å². The van der Waals surface area contributed by atoms with E-state index < -0.39 is 13.7 Å². The third-order valence-corrected chi connectivity index (χ3v) is 4.18. The van der Waals surface area contributed by atoms with E-state index in [0.717, 1.165) is 12.7 Å². The van der Waals surface area contributed by atoms with Crippen LogP contribution in [-0.4, -0.2) is 34.6 Å². The van der Waals surface area contributed by atoms with E-state index in [9.17, 15) is 5.11 Å². The van der Waals surface area contributed by atoms with Crippen LogP contribution in [0.25, 0.3) is 0 Å². The molecule has 5 nitrogen and oxygen atoms in total. The first-order valence-electron chi connectivity index (χ1n) is 5.92. The monoisotopic (exact) mass is 267 g/mol. The molecule has 0 saturated carbocycles. The summed E-state index contributed by atoms with van der Waals surface area (Å²) < 4.78 is 7.05. The van der Waals surface area contributed by atoms with E-state index in [1.807, 2.05) is 0 Å². The van der Waals surface area contributed by atoms with Crippen molar-refractivity contribution in [3.05, 3.63) is 12.2 Å². The number of aromatic nitrogens is 3. The highest BCUT2D eigenvalue weighted by molar-refractivity contribution is 6.76. The Kier molecular flexibility index (Phi) is 4.68. The molecule has 1 aromatic heterocycles. The summed E-state index contributed by atoms with van der Waals surface area (Å²) in [5.74, 6) is 2.46. The van der Waals surface area contributed by atoms with Gasteiger partial charge in [-0.05, 0) is 13.0 Å². The number of rotatable bonds is 6. The third kappa shape index (κ3) is 4.60. The quantitative estimate of drug-likeness (QED) is 0.481. The van der Waals surface area contributed by atoms with Gasteiger partial charge in [0.25, 0.3) is 0 Å². The van der Waals surface area contributed by atoms with Crippen molar-refractivity contribution in [2.75, 3.05) is 6.61 Å². The zero-order chi connectivity index (χ0) is 13.8.